The molecule has 1 aromatic heterocycles. The molecule has 1 aliphatic rings. The highest BCUT2D eigenvalue weighted by Crippen LogP contribution is 2.30. The molecule has 1 saturated heterocycles. The largest absolute Gasteiger partial charge is 0.476 e. The van der Waals surface area contributed by atoms with Gasteiger partial charge < -0.3 is 9.84 Å². The molecule has 5 nitrogen and oxygen atoms in total. The standard InChI is InChI=1S/C14H13FN2O3/c15-9-3-1-4-10(7-9)17-12(13-5-2-6-20-13)8-11(16-17)14(18)19/h1,3-4,7-8,13H,2,5-6H2,(H,18,19). The van der Waals surface area contributed by atoms with Crippen LogP contribution in [0.1, 0.15) is 35.1 Å². The van der Waals surface area contributed by atoms with E-state index < -0.39 is 11.8 Å². The van der Waals surface area contributed by atoms with Crippen molar-refractivity contribution in [3.8, 4) is 5.69 Å². The Morgan fingerprint density at radius 2 is 2.30 bits per heavy atom. The Morgan fingerprint density at radius 3 is 2.95 bits per heavy atom. The van der Waals surface area contributed by atoms with Crippen molar-refractivity contribution in [3.05, 3.63) is 47.5 Å². The van der Waals surface area contributed by atoms with Crippen molar-refractivity contribution in [3.63, 3.8) is 0 Å². The summed E-state index contributed by atoms with van der Waals surface area (Å²) in [5.41, 5.74) is 1.06. The van der Waals surface area contributed by atoms with Crippen molar-refractivity contribution >= 4 is 5.97 Å². The van der Waals surface area contributed by atoms with Crippen LogP contribution in [-0.2, 0) is 4.74 Å². The molecule has 1 fully saturated rings. The molecule has 104 valence electrons. The zero-order valence-electron chi connectivity index (χ0n) is 10.6. The predicted molar refractivity (Wildman–Crippen MR) is 68.4 cm³/mol. The number of carbonyl (C=O) groups is 1. The summed E-state index contributed by atoms with van der Waals surface area (Å²) < 4.78 is 20.4. The lowest BCUT2D eigenvalue weighted by atomic mass is 10.1. The Hall–Kier alpha value is -2.21. The number of ether oxygens (including phenoxy) is 1. The molecule has 0 spiro atoms. The van der Waals surface area contributed by atoms with Crippen molar-refractivity contribution in [2.24, 2.45) is 0 Å². The fourth-order valence-electron chi connectivity index (χ4n) is 2.35. The molecule has 2 heterocycles. The molecular formula is C14H13FN2O3. The first-order valence-electron chi connectivity index (χ1n) is 6.36. The highest BCUT2D eigenvalue weighted by molar-refractivity contribution is 5.85. The lowest BCUT2D eigenvalue weighted by Crippen LogP contribution is -2.07. The number of aromatic nitrogens is 2. The van der Waals surface area contributed by atoms with Crippen LogP contribution < -0.4 is 0 Å². The van der Waals surface area contributed by atoms with Crippen molar-refractivity contribution in [2.45, 2.75) is 18.9 Å². The third kappa shape index (κ3) is 2.30. The smallest absolute Gasteiger partial charge is 0.356 e. The van der Waals surface area contributed by atoms with Gasteiger partial charge >= 0.3 is 5.97 Å². The van der Waals surface area contributed by atoms with Crippen LogP contribution in [0.15, 0.2) is 30.3 Å². The van der Waals surface area contributed by atoms with Gasteiger partial charge in [-0.3, -0.25) is 0 Å². The third-order valence-corrected chi connectivity index (χ3v) is 3.27. The molecule has 1 unspecified atom stereocenters. The Labute approximate surface area is 114 Å². The van der Waals surface area contributed by atoms with Crippen molar-refractivity contribution < 1.29 is 19.0 Å². The third-order valence-electron chi connectivity index (χ3n) is 3.27. The van der Waals surface area contributed by atoms with Crippen molar-refractivity contribution in [1.82, 2.24) is 9.78 Å². The summed E-state index contributed by atoms with van der Waals surface area (Å²) in [5, 5.41) is 13.1. The first kappa shape index (κ1) is 12.8. The molecule has 3 rings (SSSR count). The van der Waals surface area contributed by atoms with E-state index in [1.807, 2.05) is 0 Å². The number of benzene rings is 1. The van der Waals surface area contributed by atoms with E-state index >= 15 is 0 Å². The molecule has 20 heavy (non-hydrogen) atoms. The molecule has 0 aliphatic carbocycles. The number of hydrogen-bond acceptors (Lipinski definition) is 3. The van der Waals surface area contributed by atoms with Crippen LogP contribution in [0.25, 0.3) is 5.69 Å². The number of carboxylic acid groups (broad SMARTS) is 1. The Balaban J connectivity index is 2.10. The van der Waals surface area contributed by atoms with E-state index in [-0.39, 0.29) is 11.8 Å². The Kier molecular flexibility index (Phi) is 3.23. The van der Waals surface area contributed by atoms with Gasteiger partial charge in [-0.1, -0.05) is 6.07 Å². The normalized spacial score (nSPS) is 18.4. The van der Waals surface area contributed by atoms with Crippen LogP contribution in [0.4, 0.5) is 4.39 Å². The van der Waals surface area contributed by atoms with Crippen LogP contribution in [0.2, 0.25) is 0 Å². The summed E-state index contributed by atoms with van der Waals surface area (Å²) in [6.45, 7) is 0.640. The summed E-state index contributed by atoms with van der Waals surface area (Å²) in [6.07, 6.45) is 1.53. The first-order chi connectivity index (χ1) is 9.65. The zero-order valence-corrected chi connectivity index (χ0v) is 10.6. The Bertz CT molecular complexity index is 648. The first-order valence-corrected chi connectivity index (χ1v) is 6.36. The van der Waals surface area contributed by atoms with E-state index in [4.69, 9.17) is 9.84 Å². The molecule has 1 aromatic carbocycles. The lowest BCUT2D eigenvalue weighted by Gasteiger charge is -2.12. The van der Waals surface area contributed by atoms with Gasteiger partial charge in [-0.25, -0.2) is 13.9 Å². The van der Waals surface area contributed by atoms with E-state index in [9.17, 15) is 9.18 Å². The maximum Gasteiger partial charge on any atom is 0.356 e. The number of halogens is 1. The second-order valence-electron chi connectivity index (χ2n) is 4.65. The maximum absolute atomic E-state index is 13.3. The summed E-state index contributed by atoms with van der Waals surface area (Å²) in [7, 11) is 0. The molecule has 2 aromatic rings. The van der Waals surface area contributed by atoms with Crippen LogP contribution in [-0.4, -0.2) is 27.5 Å². The fraction of sp³-hybridized carbons (Fsp3) is 0.286. The van der Waals surface area contributed by atoms with Gasteiger partial charge in [0.1, 0.15) is 5.82 Å². The molecule has 0 bridgehead atoms. The van der Waals surface area contributed by atoms with Gasteiger partial charge in [-0.15, -0.1) is 0 Å². The quantitative estimate of drug-likeness (QED) is 0.935. The summed E-state index contributed by atoms with van der Waals surface area (Å²) in [4.78, 5) is 11.1. The van der Waals surface area contributed by atoms with Crippen LogP contribution in [0, 0.1) is 5.82 Å². The monoisotopic (exact) mass is 276 g/mol. The van der Waals surface area contributed by atoms with Gasteiger partial charge in [0.25, 0.3) is 0 Å². The summed E-state index contributed by atoms with van der Waals surface area (Å²) >= 11 is 0. The van der Waals surface area contributed by atoms with Crippen molar-refractivity contribution in [1.29, 1.82) is 0 Å². The molecule has 0 saturated carbocycles. The molecule has 1 atom stereocenters. The van der Waals surface area contributed by atoms with E-state index in [2.05, 4.69) is 5.10 Å². The van der Waals surface area contributed by atoms with E-state index in [1.54, 1.807) is 12.1 Å². The average Bonchev–Trinajstić information content (AvgIpc) is 3.07. The van der Waals surface area contributed by atoms with Gasteiger partial charge in [-0.05, 0) is 37.1 Å². The maximum atomic E-state index is 13.3. The Morgan fingerprint density at radius 1 is 1.45 bits per heavy atom. The number of carboxylic acids is 1. The SMILES string of the molecule is O=C(O)c1cc(C2CCCO2)n(-c2cccc(F)c2)n1. The predicted octanol–water partition coefficient (Wildman–Crippen LogP) is 2.56. The van der Waals surface area contributed by atoms with E-state index in [1.165, 1.54) is 22.9 Å². The second kappa shape index (κ2) is 5.05. The number of nitrogens with zero attached hydrogens (tertiary/aromatic N) is 2. The van der Waals surface area contributed by atoms with Gasteiger partial charge in [0, 0.05) is 6.61 Å². The minimum absolute atomic E-state index is 0.0697. The highest BCUT2D eigenvalue weighted by Gasteiger charge is 2.25. The molecule has 1 aliphatic heterocycles. The second-order valence-corrected chi connectivity index (χ2v) is 4.65. The summed E-state index contributed by atoms with van der Waals surface area (Å²) in [6, 6.07) is 7.38. The minimum atomic E-state index is -1.11. The fourth-order valence-corrected chi connectivity index (χ4v) is 2.35. The number of hydrogen-bond donors (Lipinski definition) is 1. The minimum Gasteiger partial charge on any atom is -0.476 e. The van der Waals surface area contributed by atoms with Crippen LogP contribution in [0.3, 0.4) is 0 Å². The molecular weight excluding hydrogens is 263 g/mol. The molecule has 1 N–H and O–H groups in total. The van der Waals surface area contributed by atoms with Gasteiger partial charge in [-0.2, -0.15) is 5.10 Å². The lowest BCUT2D eigenvalue weighted by molar-refractivity contribution is 0.0690. The van der Waals surface area contributed by atoms with Crippen LogP contribution in [0.5, 0.6) is 0 Å². The topological polar surface area (TPSA) is 64.3 Å². The van der Waals surface area contributed by atoms with Gasteiger partial charge in [0.2, 0.25) is 0 Å². The van der Waals surface area contributed by atoms with Gasteiger partial charge in [0.05, 0.1) is 17.5 Å². The summed E-state index contributed by atoms with van der Waals surface area (Å²) in [5.74, 6) is -1.51. The molecule has 0 amide bonds. The van der Waals surface area contributed by atoms with E-state index in [0.29, 0.717) is 18.0 Å². The number of rotatable bonds is 3. The highest BCUT2D eigenvalue weighted by atomic mass is 19.1. The zero-order chi connectivity index (χ0) is 14.1. The number of aromatic carboxylic acids is 1. The average molecular weight is 276 g/mol. The molecule has 6 heteroatoms. The van der Waals surface area contributed by atoms with Gasteiger partial charge in [0.15, 0.2) is 5.69 Å². The van der Waals surface area contributed by atoms with E-state index in [0.717, 1.165) is 12.8 Å². The van der Waals surface area contributed by atoms with Crippen LogP contribution >= 0.6 is 0 Å². The van der Waals surface area contributed by atoms with Crippen molar-refractivity contribution in [2.75, 3.05) is 6.61 Å². The molecule has 0 radical (unpaired) electrons.